The van der Waals surface area contributed by atoms with E-state index in [1.165, 1.54) is 6.92 Å². The van der Waals surface area contributed by atoms with E-state index >= 15 is 0 Å². The Bertz CT molecular complexity index is 825. The Morgan fingerprint density at radius 2 is 1.50 bits per heavy atom. The molecule has 0 heterocycles. The number of carbonyl (C=O) groups is 2. The van der Waals surface area contributed by atoms with Crippen molar-refractivity contribution in [2.24, 2.45) is 0 Å². The van der Waals surface area contributed by atoms with Gasteiger partial charge in [0.1, 0.15) is 12.6 Å². The largest absolute Gasteiger partial charge is 0.809 e. The summed E-state index contributed by atoms with van der Waals surface area (Å²) < 4.78 is 16.5. The Balaban J connectivity index is 1.89. The topological polar surface area (TPSA) is 131 Å². The summed E-state index contributed by atoms with van der Waals surface area (Å²) in [5.74, 6) is -2.42. The zero-order valence-electron chi connectivity index (χ0n) is 15.2. The third-order valence-electron chi connectivity index (χ3n) is 3.90. The van der Waals surface area contributed by atoms with Crippen LogP contribution in [0, 0.1) is 0 Å². The summed E-state index contributed by atoms with van der Waals surface area (Å²) >= 11 is 0. The maximum absolute atomic E-state index is 12.2. The predicted octanol–water partition coefficient (Wildman–Crippen LogP) is 0.900. The van der Waals surface area contributed by atoms with E-state index in [9.17, 15) is 23.9 Å². The van der Waals surface area contributed by atoms with Crippen LogP contribution in [0.4, 0.5) is 4.79 Å². The fourth-order valence-electron chi connectivity index (χ4n) is 2.38. The second-order valence-corrected chi connectivity index (χ2v) is 7.88. The lowest BCUT2D eigenvalue weighted by Crippen LogP contribution is -2.50. The molecule has 8 nitrogen and oxygen atoms in total. The van der Waals surface area contributed by atoms with Gasteiger partial charge in [0.2, 0.25) is 5.91 Å². The van der Waals surface area contributed by atoms with Crippen molar-refractivity contribution in [3.8, 4) is 0 Å². The van der Waals surface area contributed by atoms with Gasteiger partial charge in [-0.15, -0.1) is 0 Å². The molecule has 9 heteroatoms. The maximum Gasteiger partial charge on any atom is 0.408 e. The Morgan fingerprint density at radius 1 is 0.964 bits per heavy atom. The van der Waals surface area contributed by atoms with Crippen molar-refractivity contribution < 1.29 is 28.7 Å². The molecule has 0 saturated heterocycles. The molecule has 2 rings (SSSR count). The van der Waals surface area contributed by atoms with Crippen molar-refractivity contribution in [1.29, 1.82) is 0 Å². The minimum atomic E-state index is -5.10. The molecule has 2 aromatic carbocycles. The normalized spacial score (nSPS) is 13.2. The standard InChI is InChI=1S/C19H23N2O6P/c1-14(20-19(23)27-13-16-10-6-3-7-11-16)18(22)21-17(28(24,25)26)12-15-8-4-2-5-9-15/h2-11,14,17H,12-13H2,1H3,(H,20,23)(H,21,22)(H2,24,25,26)/p-2/t14-,17-/m1/s1. The molecule has 0 spiro atoms. The summed E-state index contributed by atoms with van der Waals surface area (Å²) in [6, 6.07) is 16.3. The lowest BCUT2D eigenvalue weighted by atomic mass is 10.1. The second kappa shape index (κ2) is 10.0. The first-order chi connectivity index (χ1) is 13.3. The number of rotatable bonds is 8. The molecule has 0 unspecified atom stereocenters. The highest BCUT2D eigenvalue weighted by molar-refractivity contribution is 7.49. The van der Waals surface area contributed by atoms with Crippen molar-refractivity contribution in [1.82, 2.24) is 10.6 Å². The average molecular weight is 404 g/mol. The molecule has 0 aliphatic rings. The summed E-state index contributed by atoms with van der Waals surface area (Å²) in [5.41, 5.74) is 1.36. The van der Waals surface area contributed by atoms with Crippen LogP contribution >= 0.6 is 7.60 Å². The molecule has 0 aliphatic carbocycles. The molecular formula is C19H21N2O6P-2. The van der Waals surface area contributed by atoms with E-state index < -0.39 is 31.4 Å². The van der Waals surface area contributed by atoms with Crippen LogP contribution in [0.5, 0.6) is 0 Å². The minimum Gasteiger partial charge on any atom is -0.809 e. The van der Waals surface area contributed by atoms with Gasteiger partial charge in [-0.25, -0.2) is 4.79 Å². The van der Waals surface area contributed by atoms with Gasteiger partial charge in [0.25, 0.3) is 0 Å². The van der Waals surface area contributed by atoms with Crippen LogP contribution in [0.1, 0.15) is 18.1 Å². The number of nitrogens with one attached hydrogen (secondary N) is 2. The van der Waals surface area contributed by atoms with Crippen LogP contribution in [-0.4, -0.2) is 23.8 Å². The fraction of sp³-hybridized carbons (Fsp3) is 0.263. The van der Waals surface area contributed by atoms with Gasteiger partial charge in [-0.05, 0) is 32.1 Å². The van der Waals surface area contributed by atoms with Crippen LogP contribution in [0.25, 0.3) is 0 Å². The molecule has 2 N–H and O–H groups in total. The van der Waals surface area contributed by atoms with E-state index in [2.05, 4.69) is 10.6 Å². The molecule has 2 atom stereocenters. The van der Waals surface area contributed by atoms with Gasteiger partial charge in [0, 0.05) is 0 Å². The Morgan fingerprint density at radius 3 is 2.04 bits per heavy atom. The smallest absolute Gasteiger partial charge is 0.408 e. The predicted molar refractivity (Wildman–Crippen MR) is 98.9 cm³/mol. The summed E-state index contributed by atoms with van der Waals surface area (Å²) in [6.07, 6.45) is -0.999. The first-order valence-corrected chi connectivity index (χ1v) is 10.2. The number of ether oxygens (including phenoxy) is 1. The average Bonchev–Trinajstić information content (AvgIpc) is 2.66. The van der Waals surface area contributed by atoms with Crippen LogP contribution < -0.4 is 20.4 Å². The van der Waals surface area contributed by atoms with Gasteiger partial charge >= 0.3 is 6.09 Å². The highest BCUT2D eigenvalue weighted by Gasteiger charge is 2.22. The van der Waals surface area contributed by atoms with Crippen LogP contribution in [0.15, 0.2) is 60.7 Å². The van der Waals surface area contributed by atoms with E-state index in [0.29, 0.717) is 5.56 Å². The lowest BCUT2D eigenvalue weighted by Gasteiger charge is -2.39. The van der Waals surface area contributed by atoms with Crippen molar-refractivity contribution in [3.05, 3.63) is 71.8 Å². The van der Waals surface area contributed by atoms with E-state index in [-0.39, 0.29) is 13.0 Å². The van der Waals surface area contributed by atoms with E-state index in [4.69, 9.17) is 4.74 Å². The molecule has 0 saturated carbocycles. The number of hydrogen-bond acceptors (Lipinski definition) is 6. The van der Waals surface area contributed by atoms with Gasteiger partial charge in [-0.2, -0.15) is 0 Å². The van der Waals surface area contributed by atoms with Gasteiger partial charge in [0.05, 0.1) is 5.78 Å². The van der Waals surface area contributed by atoms with Crippen molar-refractivity contribution in [3.63, 3.8) is 0 Å². The highest BCUT2D eigenvalue weighted by Crippen LogP contribution is 2.31. The summed E-state index contributed by atoms with van der Waals surface area (Å²) in [5, 5.41) is 4.49. The Labute approximate surface area is 163 Å². The quantitative estimate of drug-likeness (QED) is 0.629. The number of hydrogen-bond donors (Lipinski definition) is 2. The summed E-state index contributed by atoms with van der Waals surface area (Å²) in [6.45, 7) is 1.38. The monoisotopic (exact) mass is 404 g/mol. The van der Waals surface area contributed by atoms with Crippen molar-refractivity contribution in [2.75, 3.05) is 0 Å². The van der Waals surface area contributed by atoms with E-state index in [0.717, 1.165) is 5.56 Å². The van der Waals surface area contributed by atoms with Crippen molar-refractivity contribution in [2.45, 2.75) is 31.8 Å². The number of alkyl carbamates (subject to hydrolysis) is 1. The first kappa shape index (κ1) is 21.6. The zero-order chi connectivity index (χ0) is 20.6. The van der Waals surface area contributed by atoms with Crippen LogP contribution in [-0.2, 0) is 27.1 Å². The van der Waals surface area contributed by atoms with Gasteiger partial charge in [-0.3, -0.25) is 4.79 Å². The molecule has 2 aromatic rings. The lowest BCUT2D eigenvalue weighted by molar-refractivity contribution is -0.317. The Kier molecular flexibility index (Phi) is 7.75. The number of benzene rings is 2. The Hall–Kier alpha value is -2.67. The summed E-state index contributed by atoms with van der Waals surface area (Å²) in [4.78, 5) is 47.1. The molecule has 0 aliphatic heterocycles. The van der Waals surface area contributed by atoms with Gasteiger partial charge in [-0.1, -0.05) is 60.7 Å². The minimum absolute atomic E-state index is 0.0218. The maximum atomic E-state index is 12.2. The van der Waals surface area contributed by atoms with Crippen molar-refractivity contribution >= 4 is 19.6 Å². The molecular weight excluding hydrogens is 383 g/mol. The zero-order valence-corrected chi connectivity index (χ0v) is 16.1. The molecule has 0 radical (unpaired) electrons. The van der Waals surface area contributed by atoms with Crippen LogP contribution in [0.2, 0.25) is 0 Å². The first-order valence-electron chi connectivity index (χ1n) is 8.59. The second-order valence-electron chi connectivity index (χ2n) is 6.18. The third-order valence-corrected chi connectivity index (χ3v) is 4.98. The highest BCUT2D eigenvalue weighted by atomic mass is 31.2. The van der Waals surface area contributed by atoms with Gasteiger partial charge < -0.3 is 29.7 Å². The number of carbonyl (C=O) groups excluding carboxylic acids is 2. The van der Waals surface area contributed by atoms with E-state index in [1.54, 1.807) is 54.6 Å². The van der Waals surface area contributed by atoms with E-state index in [1.807, 2.05) is 6.07 Å². The molecule has 0 aromatic heterocycles. The summed E-state index contributed by atoms with van der Waals surface area (Å²) in [7, 11) is -5.10. The molecule has 2 amide bonds. The molecule has 0 bridgehead atoms. The molecule has 150 valence electrons. The number of amides is 2. The van der Waals surface area contributed by atoms with Gasteiger partial charge in [0.15, 0.2) is 0 Å². The molecule has 28 heavy (non-hydrogen) atoms. The SMILES string of the molecule is C[C@@H](NC(=O)OCc1ccccc1)C(=O)N[C@@H](Cc1ccccc1)P(=O)([O-])[O-]. The van der Waals surface area contributed by atoms with Crippen LogP contribution in [0.3, 0.4) is 0 Å². The fourth-order valence-corrected chi connectivity index (χ4v) is 3.10. The molecule has 0 fully saturated rings. The third kappa shape index (κ3) is 7.15.